The van der Waals surface area contributed by atoms with E-state index in [9.17, 15) is 9.59 Å². The summed E-state index contributed by atoms with van der Waals surface area (Å²) < 4.78 is 0. The maximum atomic E-state index is 11.9. The zero-order valence-corrected chi connectivity index (χ0v) is 11.9. The Labute approximate surface area is 110 Å². The van der Waals surface area contributed by atoms with Crippen molar-refractivity contribution in [2.75, 3.05) is 13.1 Å². The number of carbonyl (C=O) groups is 2. The van der Waals surface area contributed by atoms with Gasteiger partial charge in [0.05, 0.1) is 12.5 Å². The van der Waals surface area contributed by atoms with Crippen molar-refractivity contribution < 1.29 is 9.59 Å². The quantitative estimate of drug-likeness (QED) is 0.532. The molecule has 1 aliphatic rings. The van der Waals surface area contributed by atoms with Crippen LogP contribution in [-0.4, -0.2) is 35.8 Å². The summed E-state index contributed by atoms with van der Waals surface area (Å²) in [6, 6.07) is -0.275. The van der Waals surface area contributed by atoms with Gasteiger partial charge in [-0.15, -0.1) is 0 Å². The van der Waals surface area contributed by atoms with Crippen LogP contribution in [0, 0.1) is 5.92 Å². The molecule has 4 nitrogen and oxygen atoms in total. The summed E-state index contributed by atoms with van der Waals surface area (Å²) in [5.41, 5.74) is 0. The van der Waals surface area contributed by atoms with E-state index in [1.165, 1.54) is 17.7 Å². The Bertz CT molecular complexity index is 290. The highest BCUT2D eigenvalue weighted by atomic mass is 16.2. The Kier molecular flexibility index (Phi) is 6.33. The first kappa shape index (κ1) is 15.2. The highest BCUT2D eigenvalue weighted by Crippen LogP contribution is 2.13. The van der Waals surface area contributed by atoms with E-state index in [1.54, 1.807) is 0 Å². The van der Waals surface area contributed by atoms with Gasteiger partial charge < -0.3 is 5.32 Å². The molecule has 0 aromatic rings. The third-order valence-electron chi connectivity index (χ3n) is 3.29. The van der Waals surface area contributed by atoms with Gasteiger partial charge in [0.15, 0.2) is 0 Å². The Morgan fingerprint density at radius 1 is 1.33 bits per heavy atom. The van der Waals surface area contributed by atoms with E-state index < -0.39 is 0 Å². The second kappa shape index (κ2) is 7.52. The standard InChI is InChI=1S/C14H26N2O2/c1-4-9-16-13(17)10-12(14(16)18)15-8-6-5-7-11(2)3/h11-12,15H,4-10H2,1-3H3. The molecule has 0 aromatic carbocycles. The molecule has 0 spiro atoms. The molecule has 104 valence electrons. The molecule has 18 heavy (non-hydrogen) atoms. The van der Waals surface area contributed by atoms with Gasteiger partial charge in [0, 0.05) is 6.54 Å². The molecule has 4 heteroatoms. The van der Waals surface area contributed by atoms with Crippen LogP contribution < -0.4 is 5.32 Å². The Morgan fingerprint density at radius 3 is 2.67 bits per heavy atom. The van der Waals surface area contributed by atoms with Crippen molar-refractivity contribution in [3.05, 3.63) is 0 Å². The van der Waals surface area contributed by atoms with Crippen LogP contribution >= 0.6 is 0 Å². The van der Waals surface area contributed by atoms with Gasteiger partial charge in [-0.1, -0.05) is 33.6 Å². The fraction of sp³-hybridized carbons (Fsp3) is 0.857. The van der Waals surface area contributed by atoms with Crippen molar-refractivity contribution in [2.24, 2.45) is 5.92 Å². The van der Waals surface area contributed by atoms with Crippen molar-refractivity contribution in [3.63, 3.8) is 0 Å². The largest absolute Gasteiger partial charge is 0.305 e. The van der Waals surface area contributed by atoms with Gasteiger partial charge in [0.25, 0.3) is 0 Å². The summed E-state index contributed by atoms with van der Waals surface area (Å²) in [4.78, 5) is 24.9. The number of rotatable bonds is 8. The molecule has 1 fully saturated rings. The van der Waals surface area contributed by atoms with Crippen molar-refractivity contribution in [1.29, 1.82) is 0 Å². The molecule has 1 rings (SSSR count). The molecule has 0 aliphatic carbocycles. The van der Waals surface area contributed by atoms with E-state index in [4.69, 9.17) is 0 Å². The number of nitrogens with one attached hydrogen (secondary N) is 1. The van der Waals surface area contributed by atoms with Crippen molar-refractivity contribution in [3.8, 4) is 0 Å². The molecule has 1 N–H and O–H groups in total. The second-order valence-corrected chi connectivity index (χ2v) is 5.48. The molecule has 1 atom stereocenters. The first-order valence-corrected chi connectivity index (χ1v) is 7.13. The molecule has 0 aromatic heterocycles. The maximum Gasteiger partial charge on any atom is 0.246 e. The topological polar surface area (TPSA) is 49.4 Å². The molecule has 0 saturated carbocycles. The average Bonchev–Trinajstić information content (AvgIpc) is 2.56. The first-order valence-electron chi connectivity index (χ1n) is 7.13. The van der Waals surface area contributed by atoms with Crippen LogP contribution in [0.25, 0.3) is 0 Å². The van der Waals surface area contributed by atoms with Crippen LogP contribution in [0.5, 0.6) is 0 Å². The van der Waals surface area contributed by atoms with E-state index in [-0.39, 0.29) is 17.9 Å². The van der Waals surface area contributed by atoms with Crippen molar-refractivity contribution >= 4 is 11.8 Å². The normalized spacial score (nSPS) is 20.2. The van der Waals surface area contributed by atoms with Gasteiger partial charge in [0.1, 0.15) is 0 Å². The van der Waals surface area contributed by atoms with E-state index in [0.717, 1.165) is 25.3 Å². The summed E-state index contributed by atoms with van der Waals surface area (Å²) >= 11 is 0. The Hall–Kier alpha value is -0.900. The number of imide groups is 1. The zero-order chi connectivity index (χ0) is 13.5. The van der Waals surface area contributed by atoms with E-state index in [0.29, 0.717) is 13.0 Å². The number of likely N-dealkylation sites (tertiary alicyclic amines) is 1. The molecule has 1 aliphatic heterocycles. The van der Waals surface area contributed by atoms with E-state index in [2.05, 4.69) is 19.2 Å². The number of amides is 2. The second-order valence-electron chi connectivity index (χ2n) is 5.48. The lowest BCUT2D eigenvalue weighted by Crippen LogP contribution is -2.39. The van der Waals surface area contributed by atoms with E-state index in [1.807, 2.05) is 6.92 Å². The predicted octanol–water partition coefficient (Wildman–Crippen LogP) is 1.94. The zero-order valence-electron chi connectivity index (χ0n) is 11.9. The minimum atomic E-state index is -0.275. The molecular formula is C14H26N2O2. The summed E-state index contributed by atoms with van der Waals surface area (Å²) in [6.45, 7) is 7.80. The van der Waals surface area contributed by atoms with Gasteiger partial charge >= 0.3 is 0 Å². The first-order chi connectivity index (χ1) is 8.56. The van der Waals surface area contributed by atoms with Gasteiger partial charge in [-0.2, -0.15) is 0 Å². The van der Waals surface area contributed by atoms with Gasteiger partial charge in [-0.25, -0.2) is 0 Å². The lowest BCUT2D eigenvalue weighted by molar-refractivity contribution is -0.138. The highest BCUT2D eigenvalue weighted by molar-refractivity contribution is 6.05. The fourth-order valence-corrected chi connectivity index (χ4v) is 2.25. The molecule has 1 heterocycles. The van der Waals surface area contributed by atoms with Gasteiger partial charge in [-0.3, -0.25) is 14.5 Å². The molecular weight excluding hydrogens is 228 g/mol. The number of hydrogen-bond donors (Lipinski definition) is 1. The Morgan fingerprint density at radius 2 is 2.06 bits per heavy atom. The number of carbonyl (C=O) groups excluding carboxylic acids is 2. The average molecular weight is 254 g/mol. The summed E-state index contributed by atoms with van der Waals surface area (Å²) in [5.74, 6) is 0.673. The number of hydrogen-bond acceptors (Lipinski definition) is 3. The van der Waals surface area contributed by atoms with Crippen LogP contribution in [0.3, 0.4) is 0 Å². The lowest BCUT2D eigenvalue weighted by Gasteiger charge is -2.14. The van der Waals surface area contributed by atoms with Crippen LogP contribution in [0.2, 0.25) is 0 Å². The summed E-state index contributed by atoms with van der Waals surface area (Å²) in [5, 5.41) is 3.21. The molecule has 2 amide bonds. The van der Waals surface area contributed by atoms with Gasteiger partial charge in [-0.05, 0) is 25.3 Å². The number of unbranched alkanes of at least 4 members (excludes halogenated alkanes) is 1. The smallest absolute Gasteiger partial charge is 0.246 e. The van der Waals surface area contributed by atoms with Crippen molar-refractivity contribution in [1.82, 2.24) is 10.2 Å². The minimum Gasteiger partial charge on any atom is -0.305 e. The highest BCUT2D eigenvalue weighted by Gasteiger charge is 2.37. The van der Waals surface area contributed by atoms with Crippen LogP contribution in [0.15, 0.2) is 0 Å². The van der Waals surface area contributed by atoms with Crippen LogP contribution in [0.4, 0.5) is 0 Å². The Balaban J connectivity index is 2.23. The summed E-state index contributed by atoms with van der Waals surface area (Å²) in [6.07, 6.45) is 4.64. The number of nitrogens with zero attached hydrogens (tertiary/aromatic N) is 1. The minimum absolute atomic E-state index is 0.0264. The van der Waals surface area contributed by atoms with Crippen molar-refractivity contribution in [2.45, 2.75) is 58.9 Å². The third kappa shape index (κ3) is 4.41. The SMILES string of the molecule is CCCN1C(=O)CC(NCCCCC(C)C)C1=O. The molecule has 1 unspecified atom stereocenters. The van der Waals surface area contributed by atoms with E-state index >= 15 is 0 Å². The fourth-order valence-electron chi connectivity index (χ4n) is 2.25. The third-order valence-corrected chi connectivity index (χ3v) is 3.29. The van der Waals surface area contributed by atoms with Crippen LogP contribution in [0.1, 0.15) is 52.9 Å². The van der Waals surface area contributed by atoms with Crippen LogP contribution in [-0.2, 0) is 9.59 Å². The molecule has 1 saturated heterocycles. The maximum absolute atomic E-state index is 11.9. The predicted molar refractivity (Wildman–Crippen MR) is 72.1 cm³/mol. The molecule has 0 bridgehead atoms. The monoisotopic (exact) mass is 254 g/mol. The summed E-state index contributed by atoms with van der Waals surface area (Å²) in [7, 11) is 0. The molecule has 0 radical (unpaired) electrons. The lowest BCUT2D eigenvalue weighted by atomic mass is 10.1. The van der Waals surface area contributed by atoms with Gasteiger partial charge in [0.2, 0.25) is 11.8 Å².